The Hall–Kier alpha value is -1.36. The first-order valence-corrected chi connectivity index (χ1v) is 7.76. The first-order valence-electron chi connectivity index (χ1n) is 6.59. The van der Waals surface area contributed by atoms with Crippen molar-refractivity contribution in [2.75, 3.05) is 11.9 Å². The van der Waals surface area contributed by atoms with Crippen LogP contribution in [0.5, 0.6) is 0 Å². The molecule has 0 heterocycles. The number of carbonyl (C=O) groups excluding carboxylic acids is 1. The van der Waals surface area contributed by atoms with E-state index in [1.54, 1.807) is 12.1 Å². The second-order valence-electron chi connectivity index (χ2n) is 4.69. The van der Waals surface area contributed by atoms with Crippen LogP contribution in [-0.4, -0.2) is 12.5 Å². The fourth-order valence-electron chi connectivity index (χ4n) is 1.90. The summed E-state index contributed by atoms with van der Waals surface area (Å²) in [5.74, 6) is -0.120. The van der Waals surface area contributed by atoms with E-state index in [2.05, 4.69) is 26.6 Å². The molecule has 2 rings (SSSR count). The van der Waals surface area contributed by atoms with Crippen molar-refractivity contribution in [3.8, 4) is 0 Å². The molecule has 0 unspecified atom stereocenters. The normalized spacial score (nSPS) is 12.0. The second kappa shape index (κ2) is 7.59. The van der Waals surface area contributed by atoms with Crippen LogP contribution in [0.2, 0.25) is 5.02 Å². The topological polar surface area (TPSA) is 41.1 Å². The predicted molar refractivity (Wildman–Crippen MR) is 90.6 cm³/mol. The van der Waals surface area contributed by atoms with E-state index in [4.69, 9.17) is 11.6 Å². The standard InChI is InChI=1S/C16H16BrClN2O/c1-11(12-5-4-6-13(17)9-12)19-10-16(21)20-15-8-3-2-7-14(15)18/h2-9,11,19H,10H2,1H3,(H,20,21)/t11-/m1/s1. The summed E-state index contributed by atoms with van der Waals surface area (Å²) in [6, 6.07) is 15.3. The molecule has 3 nitrogen and oxygen atoms in total. The molecule has 2 aromatic carbocycles. The van der Waals surface area contributed by atoms with Crippen LogP contribution in [0.3, 0.4) is 0 Å². The largest absolute Gasteiger partial charge is 0.324 e. The smallest absolute Gasteiger partial charge is 0.238 e. The maximum atomic E-state index is 11.9. The molecule has 1 atom stereocenters. The third-order valence-electron chi connectivity index (χ3n) is 3.07. The number of benzene rings is 2. The number of para-hydroxylation sites is 1. The molecule has 0 saturated carbocycles. The maximum Gasteiger partial charge on any atom is 0.238 e. The number of halogens is 2. The van der Waals surface area contributed by atoms with E-state index in [1.165, 1.54) is 0 Å². The van der Waals surface area contributed by atoms with Crippen molar-refractivity contribution in [2.24, 2.45) is 0 Å². The van der Waals surface area contributed by atoms with Gasteiger partial charge in [-0.2, -0.15) is 0 Å². The molecule has 2 N–H and O–H groups in total. The molecule has 0 aliphatic rings. The number of nitrogens with one attached hydrogen (secondary N) is 2. The summed E-state index contributed by atoms with van der Waals surface area (Å²) in [6.07, 6.45) is 0. The highest BCUT2D eigenvalue weighted by Gasteiger charge is 2.09. The molecule has 2 aromatic rings. The highest BCUT2D eigenvalue weighted by atomic mass is 79.9. The molecule has 0 aromatic heterocycles. The number of amides is 1. The third-order valence-corrected chi connectivity index (χ3v) is 3.89. The van der Waals surface area contributed by atoms with Gasteiger partial charge in [0.15, 0.2) is 0 Å². The Labute approximate surface area is 137 Å². The van der Waals surface area contributed by atoms with Crippen molar-refractivity contribution in [1.82, 2.24) is 5.32 Å². The Bertz CT molecular complexity index is 633. The number of hydrogen-bond acceptors (Lipinski definition) is 2. The van der Waals surface area contributed by atoms with Crippen molar-refractivity contribution in [1.29, 1.82) is 0 Å². The van der Waals surface area contributed by atoms with Gasteiger partial charge in [-0.25, -0.2) is 0 Å². The Morgan fingerprint density at radius 2 is 2.00 bits per heavy atom. The lowest BCUT2D eigenvalue weighted by Crippen LogP contribution is -2.30. The first-order chi connectivity index (χ1) is 10.1. The molecule has 0 saturated heterocycles. The van der Waals surface area contributed by atoms with Crippen LogP contribution in [0.1, 0.15) is 18.5 Å². The Kier molecular flexibility index (Phi) is 5.79. The number of anilines is 1. The van der Waals surface area contributed by atoms with Gasteiger partial charge in [-0.15, -0.1) is 0 Å². The molecule has 0 fully saturated rings. The van der Waals surface area contributed by atoms with E-state index < -0.39 is 0 Å². The summed E-state index contributed by atoms with van der Waals surface area (Å²) in [6.45, 7) is 2.24. The predicted octanol–water partition coefficient (Wildman–Crippen LogP) is 4.39. The van der Waals surface area contributed by atoms with E-state index in [9.17, 15) is 4.79 Å². The number of carbonyl (C=O) groups is 1. The van der Waals surface area contributed by atoms with Gasteiger partial charge in [0.2, 0.25) is 5.91 Å². The fourth-order valence-corrected chi connectivity index (χ4v) is 2.50. The lowest BCUT2D eigenvalue weighted by Gasteiger charge is -2.14. The molecule has 21 heavy (non-hydrogen) atoms. The zero-order valence-electron chi connectivity index (χ0n) is 11.6. The van der Waals surface area contributed by atoms with Crippen molar-refractivity contribution in [3.05, 3.63) is 63.6 Å². The van der Waals surface area contributed by atoms with Crippen LogP contribution in [0, 0.1) is 0 Å². The van der Waals surface area contributed by atoms with Gasteiger partial charge in [0, 0.05) is 10.5 Å². The molecule has 1 amide bonds. The zero-order chi connectivity index (χ0) is 15.2. The van der Waals surface area contributed by atoms with E-state index in [1.807, 2.05) is 43.3 Å². The molecular formula is C16H16BrClN2O. The van der Waals surface area contributed by atoms with Crippen LogP contribution in [0.25, 0.3) is 0 Å². The molecule has 110 valence electrons. The summed E-state index contributed by atoms with van der Waals surface area (Å²) in [7, 11) is 0. The van der Waals surface area contributed by atoms with E-state index >= 15 is 0 Å². The van der Waals surface area contributed by atoms with Gasteiger partial charge < -0.3 is 10.6 Å². The number of rotatable bonds is 5. The molecule has 5 heteroatoms. The fraction of sp³-hybridized carbons (Fsp3) is 0.188. The van der Waals surface area contributed by atoms with Gasteiger partial charge in [0.05, 0.1) is 17.3 Å². The average Bonchev–Trinajstić information content (AvgIpc) is 2.47. The average molecular weight is 368 g/mol. The van der Waals surface area contributed by atoms with Crippen LogP contribution in [0.15, 0.2) is 53.0 Å². The van der Waals surface area contributed by atoms with Crippen LogP contribution < -0.4 is 10.6 Å². The van der Waals surface area contributed by atoms with Crippen molar-refractivity contribution in [2.45, 2.75) is 13.0 Å². The van der Waals surface area contributed by atoms with Crippen molar-refractivity contribution < 1.29 is 4.79 Å². The van der Waals surface area contributed by atoms with Gasteiger partial charge in [-0.05, 0) is 36.8 Å². The van der Waals surface area contributed by atoms with Crippen molar-refractivity contribution in [3.63, 3.8) is 0 Å². The van der Waals surface area contributed by atoms with Crippen molar-refractivity contribution >= 4 is 39.1 Å². The van der Waals surface area contributed by atoms with Gasteiger partial charge >= 0.3 is 0 Å². The summed E-state index contributed by atoms with van der Waals surface area (Å²) in [4.78, 5) is 11.9. The van der Waals surface area contributed by atoms with Gasteiger partial charge in [0.25, 0.3) is 0 Å². The zero-order valence-corrected chi connectivity index (χ0v) is 13.9. The minimum atomic E-state index is -0.120. The van der Waals surface area contributed by atoms with Crippen LogP contribution >= 0.6 is 27.5 Å². The summed E-state index contributed by atoms with van der Waals surface area (Å²) >= 11 is 9.44. The van der Waals surface area contributed by atoms with Gasteiger partial charge in [-0.3, -0.25) is 4.79 Å². The molecule has 0 aliphatic carbocycles. The Morgan fingerprint density at radius 1 is 1.24 bits per heavy atom. The molecule has 0 aliphatic heterocycles. The van der Waals surface area contributed by atoms with E-state index in [0.29, 0.717) is 10.7 Å². The van der Waals surface area contributed by atoms with Gasteiger partial charge in [-0.1, -0.05) is 51.8 Å². The van der Waals surface area contributed by atoms with E-state index in [0.717, 1.165) is 10.0 Å². The Morgan fingerprint density at radius 3 is 2.71 bits per heavy atom. The molecule has 0 spiro atoms. The maximum absolute atomic E-state index is 11.9. The highest BCUT2D eigenvalue weighted by Crippen LogP contribution is 2.20. The summed E-state index contributed by atoms with van der Waals surface area (Å²) in [5, 5.41) is 6.51. The molecule has 0 radical (unpaired) electrons. The monoisotopic (exact) mass is 366 g/mol. The summed E-state index contributed by atoms with van der Waals surface area (Å²) in [5.41, 5.74) is 1.75. The Balaban J connectivity index is 1.88. The van der Waals surface area contributed by atoms with Crippen LogP contribution in [0.4, 0.5) is 5.69 Å². The SMILES string of the molecule is C[C@@H](NCC(=O)Nc1ccccc1Cl)c1cccc(Br)c1. The molecular weight excluding hydrogens is 352 g/mol. The van der Waals surface area contributed by atoms with E-state index in [-0.39, 0.29) is 18.5 Å². The van der Waals surface area contributed by atoms with Gasteiger partial charge in [0.1, 0.15) is 0 Å². The third kappa shape index (κ3) is 4.84. The minimum Gasteiger partial charge on any atom is -0.324 e. The molecule has 0 bridgehead atoms. The van der Waals surface area contributed by atoms with Crippen LogP contribution in [-0.2, 0) is 4.79 Å². The number of hydrogen-bond donors (Lipinski definition) is 2. The lowest BCUT2D eigenvalue weighted by molar-refractivity contribution is -0.115. The first kappa shape index (κ1) is 16.0. The lowest BCUT2D eigenvalue weighted by atomic mass is 10.1. The minimum absolute atomic E-state index is 0.0829. The quantitative estimate of drug-likeness (QED) is 0.823. The summed E-state index contributed by atoms with van der Waals surface area (Å²) < 4.78 is 1.02. The highest BCUT2D eigenvalue weighted by molar-refractivity contribution is 9.10. The second-order valence-corrected chi connectivity index (χ2v) is 6.01.